The van der Waals surface area contributed by atoms with Gasteiger partial charge in [-0.15, -0.1) is 0 Å². The van der Waals surface area contributed by atoms with Gasteiger partial charge in [0.2, 0.25) is 0 Å². The van der Waals surface area contributed by atoms with Crippen LogP contribution < -0.4 is 0 Å². The van der Waals surface area contributed by atoms with Gasteiger partial charge >= 0.3 is 0 Å². The quantitative estimate of drug-likeness (QED) is 0.468. The monoisotopic (exact) mass is 96.0 g/mol. The first-order valence-corrected chi connectivity index (χ1v) is 1.58. The van der Waals surface area contributed by atoms with Crippen molar-refractivity contribution in [3.05, 3.63) is 0 Å². The molecule has 0 atom stereocenters. The van der Waals surface area contributed by atoms with Crippen LogP contribution in [0.5, 0.6) is 0 Å². The molecule has 0 fully saturated rings. The number of hydrogen-bond donors (Lipinski definition) is 2. The second-order valence-electron chi connectivity index (χ2n) is 0.681. The summed E-state index contributed by atoms with van der Waals surface area (Å²) >= 11 is 0. The summed E-state index contributed by atoms with van der Waals surface area (Å²) < 4.78 is 0. The summed E-state index contributed by atoms with van der Waals surface area (Å²) in [5, 5.41) is 12.4. The summed E-state index contributed by atoms with van der Waals surface area (Å²) in [4.78, 5) is 6.46. The zero-order chi connectivity index (χ0) is 5.54. The van der Waals surface area contributed by atoms with E-state index >= 15 is 0 Å². The first kappa shape index (κ1) is 5.76. The van der Waals surface area contributed by atoms with Gasteiger partial charge in [-0.25, -0.2) is 20.8 Å². The lowest BCUT2D eigenvalue weighted by Gasteiger charge is -1.66. The molecule has 0 bridgehead atoms. The van der Waals surface area contributed by atoms with E-state index in [0.29, 0.717) is 0 Å². The van der Waals surface area contributed by atoms with Gasteiger partial charge in [-0.1, -0.05) is 0 Å². The Morgan fingerprint density at radius 2 is 1.57 bits per heavy atom. The average Bonchev–Trinajstić information content (AvgIpc) is 1.69. The van der Waals surface area contributed by atoms with Gasteiger partial charge < -0.3 is 0 Å². The summed E-state index contributed by atoms with van der Waals surface area (Å²) in [6, 6.07) is 3.52. The third-order valence-corrected chi connectivity index (χ3v) is 0.300. The molecule has 0 aliphatic rings. The standard InChI is InChI=1S/C3H4N4/c4-1-6-3-7-2-5/h4-5H,3H2. The van der Waals surface area contributed by atoms with Crippen LogP contribution in [0.1, 0.15) is 0 Å². The van der Waals surface area contributed by atoms with Crippen LogP contribution in [0, 0.1) is 10.8 Å². The average molecular weight is 96.1 g/mol. The van der Waals surface area contributed by atoms with E-state index in [9.17, 15) is 0 Å². The van der Waals surface area contributed by atoms with Gasteiger partial charge in [0.05, 0.1) is 12.0 Å². The summed E-state index contributed by atoms with van der Waals surface area (Å²) in [7, 11) is 0. The van der Waals surface area contributed by atoms with Crippen molar-refractivity contribution in [2.75, 3.05) is 6.67 Å². The van der Waals surface area contributed by atoms with Gasteiger partial charge in [0.25, 0.3) is 0 Å². The van der Waals surface area contributed by atoms with E-state index in [0.717, 1.165) is 0 Å². The number of rotatable bonds is 2. The Hall–Kier alpha value is -1.24. The number of nitrogens with zero attached hydrogens (tertiary/aromatic N) is 2. The molecule has 7 heavy (non-hydrogen) atoms. The first-order valence-electron chi connectivity index (χ1n) is 1.58. The van der Waals surface area contributed by atoms with E-state index in [1.165, 1.54) is 0 Å². The van der Waals surface area contributed by atoms with Crippen LogP contribution in [0.4, 0.5) is 0 Å². The summed E-state index contributed by atoms with van der Waals surface area (Å²) in [5.74, 6) is 0. The van der Waals surface area contributed by atoms with Crippen LogP contribution in [-0.4, -0.2) is 18.7 Å². The second-order valence-corrected chi connectivity index (χ2v) is 0.681. The highest BCUT2D eigenvalue weighted by atomic mass is 14.9. The van der Waals surface area contributed by atoms with Gasteiger partial charge in [-0.2, -0.15) is 0 Å². The highest BCUT2D eigenvalue weighted by Crippen LogP contribution is 1.61. The smallest absolute Gasteiger partial charge is 0.151 e. The van der Waals surface area contributed by atoms with Gasteiger partial charge in [-0.3, -0.25) is 0 Å². The van der Waals surface area contributed by atoms with Crippen molar-refractivity contribution in [2.24, 2.45) is 9.98 Å². The Morgan fingerprint density at radius 3 is 1.86 bits per heavy atom. The van der Waals surface area contributed by atoms with E-state index in [-0.39, 0.29) is 6.67 Å². The molecule has 0 saturated carbocycles. The molecule has 0 saturated heterocycles. The number of hydrogen-bond acceptors (Lipinski definition) is 4. The highest BCUT2D eigenvalue weighted by molar-refractivity contribution is 5.38. The molecule has 0 amide bonds. The molecule has 0 aliphatic heterocycles. The molecule has 4 nitrogen and oxygen atoms in total. The predicted molar refractivity (Wildman–Crippen MR) is 25.2 cm³/mol. The van der Waals surface area contributed by atoms with Crippen molar-refractivity contribution in [3.8, 4) is 0 Å². The molecule has 0 unspecified atom stereocenters. The van der Waals surface area contributed by atoms with Gasteiger partial charge in [0.1, 0.15) is 0 Å². The molecule has 0 aromatic carbocycles. The Morgan fingerprint density at radius 1 is 1.14 bits per heavy atom. The normalized spacial score (nSPS) is 5.71. The van der Waals surface area contributed by atoms with Crippen molar-refractivity contribution in [1.29, 1.82) is 10.8 Å². The summed E-state index contributed by atoms with van der Waals surface area (Å²) in [6.45, 7) is 0.0903. The van der Waals surface area contributed by atoms with Crippen LogP contribution in [0.25, 0.3) is 0 Å². The maximum atomic E-state index is 6.22. The maximum Gasteiger partial charge on any atom is 0.151 e. The number of aliphatic imine (C=N–C) groups is 2. The molecule has 0 aliphatic carbocycles. The minimum atomic E-state index is 0.0903. The third kappa shape index (κ3) is 4.76. The topological polar surface area (TPSA) is 72.4 Å². The highest BCUT2D eigenvalue weighted by Gasteiger charge is 1.59. The minimum Gasteiger partial charge on any atom is -0.242 e. The van der Waals surface area contributed by atoms with Gasteiger partial charge in [0, 0.05) is 0 Å². The van der Waals surface area contributed by atoms with Crippen molar-refractivity contribution in [1.82, 2.24) is 0 Å². The van der Waals surface area contributed by atoms with E-state index in [2.05, 4.69) is 9.98 Å². The minimum absolute atomic E-state index is 0.0903. The Kier molecular flexibility index (Phi) is 3.92. The van der Waals surface area contributed by atoms with E-state index in [4.69, 9.17) is 10.8 Å². The molecule has 0 aromatic heterocycles. The van der Waals surface area contributed by atoms with Crippen molar-refractivity contribution < 1.29 is 0 Å². The molecule has 0 spiro atoms. The van der Waals surface area contributed by atoms with Gasteiger partial charge in [-0.05, 0) is 0 Å². The molecule has 4 heteroatoms. The van der Waals surface area contributed by atoms with E-state index < -0.39 is 0 Å². The lowest BCUT2D eigenvalue weighted by molar-refractivity contribution is 1.08. The fourth-order valence-electron chi connectivity index (χ4n) is 0.106. The van der Waals surface area contributed by atoms with Crippen LogP contribution in [0.15, 0.2) is 9.98 Å². The van der Waals surface area contributed by atoms with Crippen LogP contribution in [0.2, 0.25) is 0 Å². The molecular weight excluding hydrogens is 92.1 g/mol. The van der Waals surface area contributed by atoms with Crippen molar-refractivity contribution >= 4 is 12.0 Å². The molecule has 0 radical (unpaired) electrons. The molecule has 36 valence electrons. The first-order chi connectivity index (χ1) is 3.41. The van der Waals surface area contributed by atoms with E-state index in [1.807, 2.05) is 0 Å². The molecular formula is C3H4N4. The van der Waals surface area contributed by atoms with E-state index in [1.54, 1.807) is 12.0 Å². The summed E-state index contributed by atoms with van der Waals surface area (Å²) in [5.41, 5.74) is 0. The second kappa shape index (κ2) is 4.76. The lowest BCUT2D eigenvalue weighted by Crippen LogP contribution is -1.65. The number of nitrogens with one attached hydrogen (secondary N) is 2. The molecule has 0 rings (SSSR count). The molecule has 0 heterocycles. The predicted octanol–water partition coefficient (Wildman–Crippen LogP) is 0.449. The van der Waals surface area contributed by atoms with Crippen LogP contribution >= 0.6 is 0 Å². The van der Waals surface area contributed by atoms with Crippen LogP contribution in [0.3, 0.4) is 0 Å². The lowest BCUT2D eigenvalue weighted by atomic mass is 11.1. The zero-order valence-corrected chi connectivity index (χ0v) is 3.60. The third-order valence-electron chi connectivity index (χ3n) is 0.300. The van der Waals surface area contributed by atoms with Crippen molar-refractivity contribution in [3.63, 3.8) is 0 Å². The van der Waals surface area contributed by atoms with Gasteiger partial charge in [0.15, 0.2) is 6.67 Å². The van der Waals surface area contributed by atoms with Crippen LogP contribution in [-0.2, 0) is 0 Å². The molecule has 2 N–H and O–H groups in total. The summed E-state index contributed by atoms with van der Waals surface area (Å²) in [6.07, 6.45) is 0. The Balaban J connectivity index is 3.33. The fourth-order valence-corrected chi connectivity index (χ4v) is 0.106. The fraction of sp³-hybridized carbons (Fsp3) is 0.333. The SMILES string of the molecule is N=C=NCN=C=N. The van der Waals surface area contributed by atoms with Crippen molar-refractivity contribution in [2.45, 2.75) is 0 Å². The Bertz CT molecular complexity index is 110. The Labute approximate surface area is 40.6 Å². The molecule has 0 aromatic rings. The largest absolute Gasteiger partial charge is 0.242 e. The maximum absolute atomic E-state index is 6.22. The zero-order valence-electron chi connectivity index (χ0n) is 3.60.